The molecule has 0 N–H and O–H groups in total. The Morgan fingerprint density at radius 3 is 1.04 bits per heavy atom. The summed E-state index contributed by atoms with van der Waals surface area (Å²) in [5.74, 6) is 0. The average Bonchev–Trinajstić information content (AvgIpc) is 2.53. The molecule has 0 saturated heterocycles. The summed E-state index contributed by atoms with van der Waals surface area (Å²) >= 11 is 0. The van der Waals surface area contributed by atoms with Crippen molar-refractivity contribution >= 4 is 7.26 Å². The molecule has 0 aromatic carbocycles. The maximum atomic E-state index is 2.40. The molecule has 0 aromatic heterocycles. The molecule has 0 atom stereocenters. The largest absolute Gasteiger partial charge is 0.0654 e. The second kappa shape index (κ2) is 17.3. The Morgan fingerprint density at radius 1 is 0.348 bits per heavy atom. The SMILES string of the molecule is CCCCCCCCCCCCC[P+](CCC)(CCC)CCC. The van der Waals surface area contributed by atoms with Crippen molar-refractivity contribution in [3.8, 4) is 0 Å². The number of unbranched alkanes of at least 4 members (excludes halogenated alkanes) is 10. The van der Waals surface area contributed by atoms with E-state index in [1.54, 1.807) is 24.6 Å². The second-order valence-electron chi connectivity index (χ2n) is 7.77. The molecule has 0 unspecified atom stereocenters. The van der Waals surface area contributed by atoms with Gasteiger partial charge in [-0.25, -0.2) is 0 Å². The summed E-state index contributed by atoms with van der Waals surface area (Å²) in [5.41, 5.74) is 0. The van der Waals surface area contributed by atoms with E-state index in [-0.39, 0.29) is 0 Å². The molecule has 0 saturated carbocycles. The highest BCUT2D eigenvalue weighted by atomic mass is 31.2. The van der Waals surface area contributed by atoms with Crippen LogP contribution in [0.15, 0.2) is 0 Å². The van der Waals surface area contributed by atoms with Crippen molar-refractivity contribution in [3.05, 3.63) is 0 Å². The van der Waals surface area contributed by atoms with E-state index in [2.05, 4.69) is 27.7 Å². The third-order valence-corrected chi connectivity index (χ3v) is 10.8. The minimum absolute atomic E-state index is 0.573. The second-order valence-corrected chi connectivity index (χ2v) is 12.2. The monoisotopic (exact) mass is 343 g/mol. The molecule has 0 heterocycles. The first-order valence-electron chi connectivity index (χ1n) is 11.1. The average molecular weight is 344 g/mol. The fraction of sp³-hybridized carbons (Fsp3) is 1.00. The van der Waals surface area contributed by atoms with Crippen molar-refractivity contribution < 1.29 is 0 Å². The summed E-state index contributed by atoms with van der Waals surface area (Å²) in [5, 5.41) is 0. The molecule has 0 aliphatic rings. The zero-order chi connectivity index (χ0) is 17.2. The standard InChI is InChI=1S/C22H48P/c1-5-9-10-11-12-13-14-15-16-17-18-22-23(19-6-2,20-7-3)21-8-4/h5-22H2,1-4H3/q+1. The molecule has 140 valence electrons. The van der Waals surface area contributed by atoms with E-state index in [9.17, 15) is 0 Å². The lowest BCUT2D eigenvalue weighted by Crippen LogP contribution is -2.11. The smallest absolute Gasteiger partial charge is 0.0594 e. The van der Waals surface area contributed by atoms with Crippen LogP contribution in [0.25, 0.3) is 0 Å². The van der Waals surface area contributed by atoms with Crippen LogP contribution in [0.4, 0.5) is 0 Å². The van der Waals surface area contributed by atoms with Gasteiger partial charge in [-0.15, -0.1) is 0 Å². The fourth-order valence-electron chi connectivity index (χ4n) is 4.21. The van der Waals surface area contributed by atoms with E-state index >= 15 is 0 Å². The van der Waals surface area contributed by atoms with Crippen LogP contribution in [0.2, 0.25) is 0 Å². The van der Waals surface area contributed by atoms with Crippen LogP contribution in [-0.4, -0.2) is 24.6 Å². The summed E-state index contributed by atoms with van der Waals surface area (Å²) in [6.07, 6.45) is 26.9. The van der Waals surface area contributed by atoms with E-state index in [0.29, 0.717) is 0 Å². The molecule has 0 aromatic rings. The third kappa shape index (κ3) is 13.4. The Hall–Kier alpha value is 0.430. The van der Waals surface area contributed by atoms with Gasteiger partial charge in [0.1, 0.15) is 0 Å². The van der Waals surface area contributed by atoms with Gasteiger partial charge in [0, 0.05) is 7.26 Å². The summed E-state index contributed by atoms with van der Waals surface area (Å²) < 4.78 is 0. The van der Waals surface area contributed by atoms with E-state index in [4.69, 9.17) is 0 Å². The Labute approximate surface area is 149 Å². The first-order valence-corrected chi connectivity index (χ1v) is 13.6. The molecular formula is C22H48P+. The van der Waals surface area contributed by atoms with Gasteiger partial charge in [-0.3, -0.25) is 0 Å². The van der Waals surface area contributed by atoms with Gasteiger partial charge in [0.05, 0.1) is 24.6 Å². The van der Waals surface area contributed by atoms with Crippen LogP contribution in [-0.2, 0) is 0 Å². The van der Waals surface area contributed by atoms with Crippen LogP contribution < -0.4 is 0 Å². The zero-order valence-corrected chi connectivity index (χ0v) is 18.1. The molecule has 0 aliphatic heterocycles. The molecule has 0 nitrogen and oxygen atoms in total. The highest BCUT2D eigenvalue weighted by Crippen LogP contribution is 2.60. The normalized spacial score (nSPS) is 12.0. The molecule has 23 heavy (non-hydrogen) atoms. The lowest BCUT2D eigenvalue weighted by atomic mass is 10.1. The highest BCUT2D eigenvalue weighted by Gasteiger charge is 2.33. The molecule has 0 amide bonds. The summed E-state index contributed by atoms with van der Waals surface area (Å²) in [4.78, 5) is 0. The van der Waals surface area contributed by atoms with Crippen LogP contribution in [0.5, 0.6) is 0 Å². The number of hydrogen-bond donors (Lipinski definition) is 0. The van der Waals surface area contributed by atoms with Gasteiger partial charge in [0.15, 0.2) is 0 Å². The van der Waals surface area contributed by atoms with Crippen molar-refractivity contribution in [2.75, 3.05) is 24.6 Å². The van der Waals surface area contributed by atoms with Crippen molar-refractivity contribution in [1.82, 2.24) is 0 Å². The maximum absolute atomic E-state index is 2.40. The van der Waals surface area contributed by atoms with Crippen LogP contribution in [0.3, 0.4) is 0 Å². The molecule has 0 radical (unpaired) electrons. The lowest BCUT2D eigenvalue weighted by Gasteiger charge is -2.27. The summed E-state index contributed by atoms with van der Waals surface area (Å²) in [6, 6.07) is 0. The minimum Gasteiger partial charge on any atom is -0.0654 e. The first-order chi connectivity index (χ1) is 11.2. The van der Waals surface area contributed by atoms with Gasteiger partial charge in [-0.05, 0) is 32.1 Å². The van der Waals surface area contributed by atoms with Crippen molar-refractivity contribution in [2.24, 2.45) is 0 Å². The summed E-state index contributed by atoms with van der Waals surface area (Å²) in [7, 11) is -0.573. The Morgan fingerprint density at radius 2 is 0.696 bits per heavy atom. The van der Waals surface area contributed by atoms with Gasteiger partial charge >= 0.3 is 0 Å². The molecular weight excluding hydrogens is 295 g/mol. The fourth-order valence-corrected chi connectivity index (χ4v) is 9.29. The topological polar surface area (TPSA) is 0 Å². The van der Waals surface area contributed by atoms with E-state index in [1.807, 2.05) is 0 Å². The molecule has 0 spiro atoms. The van der Waals surface area contributed by atoms with Gasteiger partial charge in [-0.1, -0.05) is 85.5 Å². The van der Waals surface area contributed by atoms with Gasteiger partial charge < -0.3 is 0 Å². The van der Waals surface area contributed by atoms with Crippen LogP contribution in [0, 0.1) is 0 Å². The van der Waals surface area contributed by atoms with E-state index < -0.39 is 7.26 Å². The van der Waals surface area contributed by atoms with Gasteiger partial charge in [0.2, 0.25) is 0 Å². The Balaban J connectivity index is 3.65. The van der Waals surface area contributed by atoms with Gasteiger partial charge in [-0.2, -0.15) is 0 Å². The molecule has 0 aliphatic carbocycles. The predicted octanol–water partition coefficient (Wildman–Crippen LogP) is 8.55. The molecule has 1 heteroatoms. The third-order valence-electron chi connectivity index (χ3n) is 5.33. The quantitative estimate of drug-likeness (QED) is 0.173. The van der Waals surface area contributed by atoms with Crippen LogP contribution in [0.1, 0.15) is 118 Å². The van der Waals surface area contributed by atoms with Crippen molar-refractivity contribution in [2.45, 2.75) is 118 Å². The molecule has 0 rings (SSSR count). The summed E-state index contributed by atoms with van der Waals surface area (Å²) in [6.45, 7) is 9.51. The minimum atomic E-state index is -0.573. The zero-order valence-electron chi connectivity index (χ0n) is 17.2. The van der Waals surface area contributed by atoms with E-state index in [0.717, 1.165) is 0 Å². The molecule has 0 fully saturated rings. The highest BCUT2D eigenvalue weighted by molar-refractivity contribution is 7.75. The molecule has 0 bridgehead atoms. The van der Waals surface area contributed by atoms with E-state index in [1.165, 1.54) is 89.9 Å². The Bertz CT molecular complexity index is 207. The first kappa shape index (κ1) is 23.4. The lowest BCUT2D eigenvalue weighted by molar-refractivity contribution is 0.554. The Kier molecular flexibility index (Phi) is 17.6. The van der Waals surface area contributed by atoms with Crippen LogP contribution >= 0.6 is 7.26 Å². The number of rotatable bonds is 18. The van der Waals surface area contributed by atoms with Crippen molar-refractivity contribution in [1.29, 1.82) is 0 Å². The number of hydrogen-bond acceptors (Lipinski definition) is 0. The maximum Gasteiger partial charge on any atom is 0.0594 e. The van der Waals surface area contributed by atoms with Gasteiger partial charge in [0.25, 0.3) is 0 Å². The van der Waals surface area contributed by atoms with Crippen molar-refractivity contribution in [3.63, 3.8) is 0 Å². The predicted molar refractivity (Wildman–Crippen MR) is 114 cm³/mol.